The maximum absolute atomic E-state index is 13.7. The van der Waals surface area contributed by atoms with Crippen LogP contribution in [0.1, 0.15) is 65.9 Å². The highest BCUT2D eigenvalue weighted by atomic mass is 16.5. The first-order chi connectivity index (χ1) is 19.3. The molecule has 1 aromatic carbocycles. The molecule has 5 atom stereocenters. The number of Topliss-reactive ketones (excluding diaryl/α,β-unsaturated/α-hetero) is 1. The van der Waals surface area contributed by atoms with Crippen molar-refractivity contribution in [3.63, 3.8) is 0 Å². The Kier molecular flexibility index (Phi) is 13.4. The van der Waals surface area contributed by atoms with Crippen LogP contribution in [0.25, 0.3) is 0 Å². The summed E-state index contributed by atoms with van der Waals surface area (Å²) >= 11 is 0. The number of rotatable bonds is 14. The fourth-order valence-electron chi connectivity index (χ4n) is 4.83. The third-order valence-corrected chi connectivity index (χ3v) is 7.32. The summed E-state index contributed by atoms with van der Waals surface area (Å²) in [7, 11) is 1.29. The molecule has 1 aliphatic rings. The Morgan fingerprint density at radius 1 is 1.02 bits per heavy atom. The van der Waals surface area contributed by atoms with Crippen LogP contribution in [0.4, 0.5) is 0 Å². The fourth-order valence-corrected chi connectivity index (χ4v) is 4.83. The number of esters is 1. The predicted octanol–water partition coefficient (Wildman–Crippen LogP) is 1.53. The topological polar surface area (TPSA) is 154 Å². The number of ketones is 1. The number of aliphatic hydroxyl groups is 1. The number of benzene rings is 1. The van der Waals surface area contributed by atoms with Gasteiger partial charge in [-0.2, -0.15) is 0 Å². The molecule has 228 valence electrons. The third kappa shape index (κ3) is 10.2. The van der Waals surface area contributed by atoms with E-state index in [1.807, 2.05) is 30.3 Å². The average Bonchev–Trinajstić information content (AvgIpc) is 2.94. The number of aliphatic hydroxyl groups excluding tert-OH is 1. The van der Waals surface area contributed by atoms with Crippen LogP contribution in [-0.2, 0) is 35.1 Å². The lowest BCUT2D eigenvalue weighted by atomic mass is 9.87. The fraction of sp³-hybridized carbons (Fsp3) is 0.633. The molecule has 1 heterocycles. The van der Waals surface area contributed by atoms with E-state index in [1.54, 1.807) is 27.7 Å². The number of methoxy groups -OCH3 is 1. The van der Waals surface area contributed by atoms with Crippen LogP contribution in [0, 0.1) is 17.8 Å². The highest BCUT2D eigenvalue weighted by molar-refractivity contribution is 5.93. The largest absolute Gasteiger partial charge is 0.468 e. The summed E-state index contributed by atoms with van der Waals surface area (Å²) < 4.78 is 4.83. The smallest absolute Gasteiger partial charge is 0.324 e. The van der Waals surface area contributed by atoms with Gasteiger partial charge in [0.2, 0.25) is 11.8 Å². The van der Waals surface area contributed by atoms with Crippen LogP contribution in [0.5, 0.6) is 0 Å². The van der Waals surface area contributed by atoms with Gasteiger partial charge in [-0.1, -0.05) is 58.0 Å². The summed E-state index contributed by atoms with van der Waals surface area (Å²) in [5, 5.41) is 17.6. The van der Waals surface area contributed by atoms with E-state index in [0.29, 0.717) is 19.4 Å². The maximum Gasteiger partial charge on any atom is 0.324 e. The van der Waals surface area contributed by atoms with Crippen molar-refractivity contribution < 1.29 is 33.8 Å². The maximum atomic E-state index is 13.7. The van der Waals surface area contributed by atoms with Crippen LogP contribution in [-0.4, -0.2) is 77.5 Å². The number of carbonyl (C=O) groups is 5. The van der Waals surface area contributed by atoms with E-state index in [0.717, 1.165) is 5.56 Å². The molecule has 0 spiro atoms. The number of carbonyl (C=O) groups excluding carboxylic acids is 5. The van der Waals surface area contributed by atoms with Gasteiger partial charge in [0.25, 0.3) is 5.91 Å². The van der Waals surface area contributed by atoms with Gasteiger partial charge in [-0.25, -0.2) is 5.43 Å². The van der Waals surface area contributed by atoms with E-state index >= 15 is 0 Å². The lowest BCUT2D eigenvalue weighted by Gasteiger charge is -2.35. The molecule has 0 radical (unpaired) electrons. The minimum atomic E-state index is -0.995. The first kappa shape index (κ1) is 33.9. The first-order valence-corrected chi connectivity index (χ1v) is 14.3. The number of nitrogens with zero attached hydrogens (tertiary/aromatic N) is 1. The molecule has 0 saturated carbocycles. The summed E-state index contributed by atoms with van der Waals surface area (Å²) in [6.07, 6.45) is 0.576. The Bertz CT molecular complexity index is 1050. The van der Waals surface area contributed by atoms with Gasteiger partial charge >= 0.3 is 5.97 Å². The Hall–Kier alpha value is -3.31. The van der Waals surface area contributed by atoms with Gasteiger partial charge in [-0.05, 0) is 43.6 Å². The molecule has 1 saturated heterocycles. The molecule has 0 bridgehead atoms. The first-order valence-electron chi connectivity index (χ1n) is 14.3. The molecule has 4 N–H and O–H groups in total. The SMILES string of the molecule is COC(=O)C1CCCN(C(=O)C(Cc2ccccc2)NC(=O)C(NC(=O)C(CCC(C)=O)C(O)C(C)C)C(C)C)N1. The van der Waals surface area contributed by atoms with E-state index in [2.05, 4.69) is 16.1 Å². The normalized spacial score (nSPS) is 18.3. The second kappa shape index (κ2) is 16.2. The van der Waals surface area contributed by atoms with Crippen LogP contribution < -0.4 is 16.1 Å². The minimum absolute atomic E-state index is 0.0973. The van der Waals surface area contributed by atoms with Crippen molar-refractivity contribution in [2.45, 2.75) is 91.0 Å². The zero-order valence-corrected chi connectivity index (χ0v) is 25.0. The molecule has 0 aliphatic carbocycles. The van der Waals surface area contributed by atoms with Gasteiger partial charge in [-0.3, -0.25) is 24.2 Å². The summed E-state index contributed by atoms with van der Waals surface area (Å²) in [6, 6.07) is 6.57. The summed E-state index contributed by atoms with van der Waals surface area (Å²) in [6.45, 7) is 8.89. The number of amides is 3. The summed E-state index contributed by atoms with van der Waals surface area (Å²) in [5.74, 6) is -3.51. The predicted molar refractivity (Wildman–Crippen MR) is 153 cm³/mol. The molecule has 1 aromatic rings. The molecule has 1 fully saturated rings. The number of hydrogen-bond acceptors (Lipinski definition) is 8. The van der Waals surface area contributed by atoms with E-state index in [4.69, 9.17) is 4.74 Å². The Morgan fingerprint density at radius 3 is 2.24 bits per heavy atom. The number of hydrazine groups is 1. The summed E-state index contributed by atoms with van der Waals surface area (Å²) in [4.78, 5) is 64.3. The van der Waals surface area contributed by atoms with Gasteiger partial charge in [0.1, 0.15) is 23.9 Å². The molecular weight excluding hydrogens is 528 g/mol. The average molecular weight is 575 g/mol. The number of nitrogens with one attached hydrogen (secondary N) is 3. The zero-order valence-electron chi connectivity index (χ0n) is 25.0. The second-order valence-corrected chi connectivity index (χ2v) is 11.4. The van der Waals surface area contributed by atoms with E-state index < -0.39 is 53.8 Å². The highest BCUT2D eigenvalue weighted by Gasteiger charge is 2.36. The lowest BCUT2D eigenvalue weighted by Crippen LogP contribution is -2.62. The van der Waals surface area contributed by atoms with E-state index in [-0.39, 0.29) is 36.9 Å². The Labute approximate surface area is 242 Å². The molecule has 41 heavy (non-hydrogen) atoms. The van der Waals surface area contributed by atoms with Crippen molar-refractivity contribution in [1.29, 1.82) is 0 Å². The van der Waals surface area contributed by atoms with Crippen molar-refractivity contribution in [1.82, 2.24) is 21.1 Å². The third-order valence-electron chi connectivity index (χ3n) is 7.32. The molecule has 3 amide bonds. The van der Waals surface area contributed by atoms with Crippen LogP contribution in [0.3, 0.4) is 0 Å². The highest BCUT2D eigenvalue weighted by Crippen LogP contribution is 2.20. The Morgan fingerprint density at radius 2 is 1.68 bits per heavy atom. The van der Waals surface area contributed by atoms with Crippen molar-refractivity contribution in [2.75, 3.05) is 13.7 Å². The molecular formula is C30H46N4O7. The molecule has 11 nitrogen and oxygen atoms in total. The van der Waals surface area contributed by atoms with Crippen molar-refractivity contribution >= 4 is 29.5 Å². The van der Waals surface area contributed by atoms with Gasteiger partial charge in [0.15, 0.2) is 0 Å². The number of hydrogen-bond donors (Lipinski definition) is 4. The minimum Gasteiger partial charge on any atom is -0.468 e. The molecule has 1 aliphatic heterocycles. The van der Waals surface area contributed by atoms with Crippen molar-refractivity contribution in [3.8, 4) is 0 Å². The molecule has 0 aromatic heterocycles. The van der Waals surface area contributed by atoms with Crippen molar-refractivity contribution in [3.05, 3.63) is 35.9 Å². The van der Waals surface area contributed by atoms with Gasteiger partial charge in [0.05, 0.1) is 19.1 Å². The standard InChI is InChI=1S/C30H46N4O7/c1-18(2)25(32-27(37)22(15-14-20(5)35)26(36)19(3)4)28(38)31-24(17-21-11-8-7-9-12-21)29(39)34-16-10-13-23(33-34)30(40)41-6/h7-9,11-12,18-19,22-26,33,36H,10,13-17H2,1-6H3,(H,31,38)(H,32,37). The van der Waals surface area contributed by atoms with Crippen LogP contribution in [0.15, 0.2) is 30.3 Å². The number of ether oxygens (including phenoxy) is 1. The van der Waals surface area contributed by atoms with E-state index in [9.17, 15) is 29.1 Å². The summed E-state index contributed by atoms with van der Waals surface area (Å²) in [5.41, 5.74) is 3.74. The molecule has 5 unspecified atom stereocenters. The van der Waals surface area contributed by atoms with Crippen molar-refractivity contribution in [2.24, 2.45) is 17.8 Å². The monoisotopic (exact) mass is 574 g/mol. The van der Waals surface area contributed by atoms with Crippen LogP contribution >= 0.6 is 0 Å². The van der Waals surface area contributed by atoms with E-state index in [1.165, 1.54) is 19.0 Å². The zero-order chi connectivity index (χ0) is 30.7. The van der Waals surface area contributed by atoms with Gasteiger partial charge in [-0.15, -0.1) is 0 Å². The van der Waals surface area contributed by atoms with Gasteiger partial charge in [0, 0.05) is 19.4 Å². The Balaban J connectivity index is 2.26. The lowest BCUT2D eigenvalue weighted by molar-refractivity contribution is -0.151. The second-order valence-electron chi connectivity index (χ2n) is 11.4. The molecule has 2 rings (SSSR count). The van der Waals surface area contributed by atoms with Crippen LogP contribution in [0.2, 0.25) is 0 Å². The van der Waals surface area contributed by atoms with Gasteiger partial charge < -0.3 is 25.3 Å². The quantitative estimate of drug-likeness (QED) is 0.244. The molecule has 11 heteroatoms.